The highest BCUT2D eigenvalue weighted by molar-refractivity contribution is 6.30. The SMILES string of the molecule is CC(C)NC(=O)C[NH+](C)CC(=O)N[C@@H](C)c1ccc(Cl)cc1. The smallest absolute Gasteiger partial charge is 0.275 e. The number of nitrogens with one attached hydrogen (secondary N) is 3. The van der Waals surface area contributed by atoms with Crippen LogP contribution in [0.3, 0.4) is 0 Å². The Morgan fingerprint density at radius 1 is 1.05 bits per heavy atom. The molecule has 0 heterocycles. The van der Waals surface area contributed by atoms with Crippen LogP contribution in [0.1, 0.15) is 32.4 Å². The van der Waals surface area contributed by atoms with Gasteiger partial charge in [0, 0.05) is 11.1 Å². The van der Waals surface area contributed by atoms with Gasteiger partial charge in [0.25, 0.3) is 11.8 Å². The van der Waals surface area contributed by atoms with E-state index in [0.717, 1.165) is 10.5 Å². The topological polar surface area (TPSA) is 62.6 Å². The van der Waals surface area contributed by atoms with Crippen molar-refractivity contribution in [3.8, 4) is 0 Å². The summed E-state index contributed by atoms with van der Waals surface area (Å²) in [5, 5.41) is 6.41. The van der Waals surface area contributed by atoms with Gasteiger partial charge in [0.15, 0.2) is 13.1 Å². The van der Waals surface area contributed by atoms with Crippen LogP contribution < -0.4 is 15.5 Å². The highest BCUT2D eigenvalue weighted by Gasteiger charge is 2.16. The number of hydrogen-bond acceptors (Lipinski definition) is 2. The van der Waals surface area contributed by atoms with Crippen molar-refractivity contribution in [2.24, 2.45) is 0 Å². The summed E-state index contributed by atoms with van der Waals surface area (Å²) in [5.74, 6) is -0.136. The maximum Gasteiger partial charge on any atom is 0.275 e. The normalized spacial score (nSPS) is 13.5. The van der Waals surface area contributed by atoms with Crippen molar-refractivity contribution in [1.82, 2.24) is 10.6 Å². The molecule has 1 unspecified atom stereocenters. The number of likely N-dealkylation sites (N-methyl/N-ethyl adjacent to an activating group) is 1. The predicted molar refractivity (Wildman–Crippen MR) is 87.9 cm³/mol. The van der Waals surface area contributed by atoms with Gasteiger partial charge < -0.3 is 15.5 Å². The van der Waals surface area contributed by atoms with Gasteiger partial charge in [0.1, 0.15) is 0 Å². The molecule has 0 bridgehead atoms. The van der Waals surface area contributed by atoms with Crippen LogP contribution in [0.25, 0.3) is 0 Å². The number of halogens is 1. The molecule has 0 aliphatic carbocycles. The number of hydrogen-bond donors (Lipinski definition) is 3. The van der Waals surface area contributed by atoms with Crippen LogP contribution in [0.4, 0.5) is 0 Å². The molecule has 0 aromatic heterocycles. The average Bonchev–Trinajstić information content (AvgIpc) is 2.37. The fourth-order valence-electron chi connectivity index (χ4n) is 2.11. The first-order chi connectivity index (χ1) is 10.3. The maximum absolute atomic E-state index is 12.0. The molecule has 22 heavy (non-hydrogen) atoms. The van der Waals surface area contributed by atoms with Crippen molar-refractivity contribution in [2.75, 3.05) is 20.1 Å². The minimum absolute atomic E-state index is 0.0500. The first-order valence-electron chi connectivity index (χ1n) is 7.43. The van der Waals surface area contributed by atoms with Gasteiger partial charge in [-0.1, -0.05) is 23.7 Å². The van der Waals surface area contributed by atoms with Gasteiger partial charge in [-0.15, -0.1) is 0 Å². The third kappa shape index (κ3) is 6.91. The van der Waals surface area contributed by atoms with E-state index >= 15 is 0 Å². The summed E-state index contributed by atoms with van der Waals surface area (Å²) in [7, 11) is 1.83. The van der Waals surface area contributed by atoms with Gasteiger partial charge >= 0.3 is 0 Å². The van der Waals surface area contributed by atoms with Crippen LogP contribution in [-0.4, -0.2) is 38.0 Å². The summed E-state index contributed by atoms with van der Waals surface area (Å²) >= 11 is 5.85. The van der Waals surface area contributed by atoms with Crippen LogP contribution in [0.5, 0.6) is 0 Å². The van der Waals surface area contributed by atoms with E-state index in [-0.39, 0.29) is 37.0 Å². The molecule has 2 amide bonds. The lowest BCUT2D eigenvalue weighted by Gasteiger charge is -2.17. The molecular weight excluding hydrogens is 302 g/mol. The molecule has 5 nitrogen and oxygen atoms in total. The van der Waals surface area contributed by atoms with Crippen LogP contribution in [0.2, 0.25) is 5.02 Å². The molecule has 1 aromatic rings. The molecule has 1 aromatic carbocycles. The van der Waals surface area contributed by atoms with Crippen molar-refractivity contribution in [3.63, 3.8) is 0 Å². The zero-order valence-electron chi connectivity index (χ0n) is 13.6. The highest BCUT2D eigenvalue weighted by Crippen LogP contribution is 2.15. The number of benzene rings is 1. The Labute approximate surface area is 137 Å². The van der Waals surface area contributed by atoms with Gasteiger partial charge in [-0.25, -0.2) is 0 Å². The monoisotopic (exact) mass is 326 g/mol. The lowest BCUT2D eigenvalue weighted by Crippen LogP contribution is -3.11. The van der Waals surface area contributed by atoms with Crippen LogP contribution in [0.15, 0.2) is 24.3 Å². The fourth-order valence-corrected chi connectivity index (χ4v) is 2.24. The van der Waals surface area contributed by atoms with Crippen molar-refractivity contribution in [3.05, 3.63) is 34.9 Å². The Balaban J connectivity index is 2.41. The van der Waals surface area contributed by atoms with E-state index in [2.05, 4.69) is 10.6 Å². The van der Waals surface area contributed by atoms with E-state index in [4.69, 9.17) is 11.6 Å². The van der Waals surface area contributed by atoms with Gasteiger partial charge in [0.2, 0.25) is 0 Å². The predicted octanol–water partition coefficient (Wildman–Crippen LogP) is 0.557. The van der Waals surface area contributed by atoms with Crippen LogP contribution in [-0.2, 0) is 9.59 Å². The van der Waals surface area contributed by atoms with Crippen LogP contribution in [0, 0.1) is 0 Å². The summed E-state index contributed by atoms with van der Waals surface area (Å²) in [4.78, 5) is 24.5. The second-order valence-electron chi connectivity index (χ2n) is 5.87. The van der Waals surface area contributed by atoms with E-state index in [9.17, 15) is 9.59 Å². The Bertz CT molecular complexity index is 503. The molecule has 0 aliphatic rings. The third-order valence-electron chi connectivity index (χ3n) is 3.12. The molecule has 2 atom stereocenters. The van der Waals surface area contributed by atoms with E-state index in [0.29, 0.717) is 5.02 Å². The summed E-state index contributed by atoms with van der Waals surface area (Å²) in [5.41, 5.74) is 0.993. The molecule has 0 saturated carbocycles. The lowest BCUT2D eigenvalue weighted by molar-refractivity contribution is -0.862. The van der Waals surface area contributed by atoms with Gasteiger partial charge in [-0.05, 0) is 38.5 Å². The van der Waals surface area contributed by atoms with Crippen molar-refractivity contribution in [1.29, 1.82) is 0 Å². The Hall–Kier alpha value is -1.59. The molecule has 0 aliphatic heterocycles. The van der Waals surface area contributed by atoms with E-state index in [1.807, 2.05) is 40.0 Å². The van der Waals surface area contributed by atoms with Gasteiger partial charge in [-0.2, -0.15) is 0 Å². The van der Waals surface area contributed by atoms with Crippen molar-refractivity contribution in [2.45, 2.75) is 32.9 Å². The second-order valence-corrected chi connectivity index (χ2v) is 6.31. The van der Waals surface area contributed by atoms with E-state index in [1.54, 1.807) is 12.1 Å². The Morgan fingerprint density at radius 3 is 2.05 bits per heavy atom. The molecule has 0 spiro atoms. The lowest BCUT2D eigenvalue weighted by atomic mass is 10.1. The highest BCUT2D eigenvalue weighted by atomic mass is 35.5. The van der Waals surface area contributed by atoms with Crippen molar-refractivity contribution >= 4 is 23.4 Å². The molecule has 0 fully saturated rings. The largest absolute Gasteiger partial charge is 0.349 e. The average molecular weight is 327 g/mol. The van der Waals surface area contributed by atoms with Crippen molar-refractivity contribution < 1.29 is 14.5 Å². The quantitative estimate of drug-likeness (QED) is 0.685. The summed E-state index contributed by atoms with van der Waals surface area (Å²) in [6.45, 7) is 6.27. The summed E-state index contributed by atoms with van der Waals surface area (Å²) in [6, 6.07) is 7.39. The first-order valence-corrected chi connectivity index (χ1v) is 7.81. The first kappa shape index (κ1) is 18.5. The summed E-state index contributed by atoms with van der Waals surface area (Å²) < 4.78 is 0. The van der Waals surface area contributed by atoms with Gasteiger partial charge in [-0.3, -0.25) is 9.59 Å². The maximum atomic E-state index is 12.0. The number of carbonyl (C=O) groups excluding carboxylic acids is 2. The minimum atomic E-state index is -0.0953. The molecule has 0 saturated heterocycles. The number of carbonyl (C=O) groups is 2. The molecule has 3 N–H and O–H groups in total. The second kappa shape index (κ2) is 8.76. The fraction of sp³-hybridized carbons (Fsp3) is 0.500. The number of amides is 2. The number of quaternary nitrogens is 1. The standard InChI is InChI=1S/C16H24ClN3O2/c1-11(2)18-15(21)9-20(4)10-16(22)19-12(3)13-5-7-14(17)8-6-13/h5-8,11-12H,9-10H2,1-4H3,(H,18,21)(H,19,22)/p+1/t12-/m0/s1. The Kier molecular flexibility index (Phi) is 7.35. The molecule has 6 heteroatoms. The zero-order valence-corrected chi connectivity index (χ0v) is 14.3. The summed E-state index contributed by atoms with van der Waals surface area (Å²) in [6.07, 6.45) is 0. The molecule has 0 radical (unpaired) electrons. The van der Waals surface area contributed by atoms with E-state index < -0.39 is 0 Å². The molecule has 1 rings (SSSR count). The zero-order chi connectivity index (χ0) is 16.7. The molecule has 122 valence electrons. The number of rotatable bonds is 7. The van der Waals surface area contributed by atoms with Gasteiger partial charge in [0.05, 0.1) is 13.1 Å². The minimum Gasteiger partial charge on any atom is -0.349 e. The van der Waals surface area contributed by atoms with E-state index in [1.165, 1.54) is 0 Å². The van der Waals surface area contributed by atoms with Crippen LogP contribution >= 0.6 is 11.6 Å². The molecular formula is C16H25ClN3O2+. The Morgan fingerprint density at radius 2 is 1.55 bits per heavy atom. The third-order valence-corrected chi connectivity index (χ3v) is 3.37.